The fraction of sp³-hybridized carbons (Fsp3) is 0.600. The minimum atomic E-state index is -1.25. The fourth-order valence-corrected chi connectivity index (χ4v) is 4.05. The molecule has 0 aromatic rings. The second-order valence-corrected chi connectivity index (χ2v) is 6.74. The van der Waals surface area contributed by atoms with Crippen LogP contribution in [0.15, 0.2) is 11.3 Å². The van der Waals surface area contributed by atoms with Crippen LogP contribution in [-0.4, -0.2) is 70.2 Å². The monoisotopic (exact) mass is 350 g/mol. The van der Waals surface area contributed by atoms with Crippen molar-refractivity contribution in [2.75, 3.05) is 13.2 Å². The normalized spacial score (nSPS) is 29.9. The van der Waals surface area contributed by atoms with Crippen molar-refractivity contribution in [2.24, 2.45) is 11.7 Å². The topological polar surface area (TPSA) is 142 Å². The first-order valence-corrected chi connectivity index (χ1v) is 8.19. The van der Waals surface area contributed by atoms with Crippen molar-refractivity contribution in [2.45, 2.75) is 37.4 Å². The molecule has 0 spiro atoms. The van der Waals surface area contributed by atoms with Crippen LogP contribution < -0.4 is 11.1 Å². The summed E-state index contributed by atoms with van der Waals surface area (Å²) >= 11 is 0. The van der Waals surface area contributed by atoms with Gasteiger partial charge in [-0.25, -0.2) is 14.4 Å². The number of piperidine rings is 1. The van der Waals surface area contributed by atoms with Gasteiger partial charge < -0.3 is 25.8 Å². The second kappa shape index (κ2) is 5.36. The standard InChI is InChI=1S/C15H18N4O6/c16-14(23)25-5-8-7-3-4-18(15(24)17-6-1-2-6)11-9(7)19(12(11)20)10(8)13(21)22/h6-7,9,11H,1-5H2,(H2,16,23)(H,17,24)(H,21,22)/t7?,9-,11+/m1/s1. The summed E-state index contributed by atoms with van der Waals surface area (Å²) in [7, 11) is 0. The molecule has 4 aliphatic rings. The Bertz CT molecular complexity index is 715. The molecule has 3 atom stereocenters. The van der Waals surface area contributed by atoms with Crippen molar-refractivity contribution >= 4 is 24.0 Å². The summed E-state index contributed by atoms with van der Waals surface area (Å²) in [6, 6.07) is -1.19. The smallest absolute Gasteiger partial charge is 0.404 e. The maximum Gasteiger partial charge on any atom is 0.404 e. The number of hydrogen-bond donors (Lipinski definition) is 3. The third-order valence-electron chi connectivity index (χ3n) is 5.27. The summed E-state index contributed by atoms with van der Waals surface area (Å²) in [4.78, 5) is 50.1. The molecule has 4 amide bonds. The minimum Gasteiger partial charge on any atom is -0.477 e. The first-order chi connectivity index (χ1) is 11.9. The van der Waals surface area contributed by atoms with Crippen LogP contribution in [0, 0.1) is 5.92 Å². The Labute approximate surface area is 142 Å². The third kappa shape index (κ3) is 2.31. The number of ether oxygens (including phenoxy) is 1. The fourth-order valence-electron chi connectivity index (χ4n) is 4.05. The minimum absolute atomic E-state index is 0.151. The van der Waals surface area contributed by atoms with Gasteiger partial charge in [0.2, 0.25) is 0 Å². The number of amides is 4. The molecule has 1 aliphatic carbocycles. The van der Waals surface area contributed by atoms with Gasteiger partial charge in [-0.15, -0.1) is 0 Å². The van der Waals surface area contributed by atoms with Gasteiger partial charge in [0.25, 0.3) is 5.91 Å². The van der Waals surface area contributed by atoms with E-state index in [9.17, 15) is 24.3 Å². The van der Waals surface area contributed by atoms with Gasteiger partial charge in [0.1, 0.15) is 18.3 Å². The molecule has 10 heteroatoms. The Kier molecular flexibility index (Phi) is 3.37. The van der Waals surface area contributed by atoms with Gasteiger partial charge in [-0.05, 0) is 19.3 Å². The van der Waals surface area contributed by atoms with Crippen LogP contribution in [0.1, 0.15) is 19.3 Å². The molecule has 0 bridgehead atoms. The van der Waals surface area contributed by atoms with E-state index in [1.54, 1.807) is 0 Å². The maximum atomic E-state index is 12.5. The van der Waals surface area contributed by atoms with Crippen LogP contribution >= 0.6 is 0 Å². The number of carbonyl (C=O) groups is 4. The lowest BCUT2D eigenvalue weighted by Crippen LogP contribution is -2.74. The number of carboxylic acids is 1. The molecule has 3 fully saturated rings. The number of urea groups is 1. The second-order valence-electron chi connectivity index (χ2n) is 6.74. The Balaban J connectivity index is 1.58. The highest BCUT2D eigenvalue weighted by Gasteiger charge is 2.64. The number of aliphatic carboxylic acids is 1. The molecule has 4 rings (SSSR count). The van der Waals surface area contributed by atoms with Gasteiger partial charge >= 0.3 is 18.1 Å². The molecule has 0 radical (unpaired) electrons. The number of nitrogens with two attached hydrogens (primary N) is 1. The van der Waals surface area contributed by atoms with Crippen LogP contribution in [0.3, 0.4) is 0 Å². The molecule has 25 heavy (non-hydrogen) atoms. The average Bonchev–Trinajstić information content (AvgIpc) is 3.30. The molecule has 2 saturated heterocycles. The number of β-lactam (4-membered cyclic amide) rings is 1. The Morgan fingerprint density at radius 1 is 1.28 bits per heavy atom. The van der Waals surface area contributed by atoms with Crippen molar-refractivity contribution in [1.82, 2.24) is 15.1 Å². The maximum absolute atomic E-state index is 12.5. The summed E-state index contributed by atoms with van der Waals surface area (Å²) in [6.07, 6.45) is 1.37. The zero-order valence-corrected chi connectivity index (χ0v) is 13.3. The van der Waals surface area contributed by atoms with Gasteiger partial charge in [0.05, 0.1) is 6.04 Å². The third-order valence-corrected chi connectivity index (χ3v) is 5.27. The Hall–Kier alpha value is -2.78. The molecular weight excluding hydrogens is 332 g/mol. The van der Waals surface area contributed by atoms with Crippen molar-refractivity contribution in [3.05, 3.63) is 11.3 Å². The molecule has 4 N–H and O–H groups in total. The Morgan fingerprint density at radius 2 is 2.00 bits per heavy atom. The van der Waals surface area contributed by atoms with Crippen LogP contribution in [0.4, 0.5) is 9.59 Å². The van der Waals surface area contributed by atoms with Crippen LogP contribution in [0.2, 0.25) is 0 Å². The molecular formula is C15H18N4O6. The van der Waals surface area contributed by atoms with Gasteiger partial charge in [0, 0.05) is 24.1 Å². The van der Waals surface area contributed by atoms with Gasteiger partial charge in [-0.3, -0.25) is 9.69 Å². The highest BCUT2D eigenvalue weighted by molar-refractivity contribution is 6.03. The van der Waals surface area contributed by atoms with E-state index < -0.39 is 30.1 Å². The van der Waals surface area contributed by atoms with Crippen LogP contribution in [-0.2, 0) is 14.3 Å². The number of rotatable bonds is 4. The predicted molar refractivity (Wildman–Crippen MR) is 81.0 cm³/mol. The van der Waals surface area contributed by atoms with Crippen molar-refractivity contribution in [3.63, 3.8) is 0 Å². The molecule has 1 saturated carbocycles. The highest BCUT2D eigenvalue weighted by atomic mass is 16.5. The number of nitrogens with zero attached hydrogens (tertiary/aromatic N) is 2. The van der Waals surface area contributed by atoms with Crippen LogP contribution in [0.5, 0.6) is 0 Å². The van der Waals surface area contributed by atoms with Crippen molar-refractivity contribution in [1.29, 1.82) is 0 Å². The predicted octanol–water partition coefficient (Wildman–Crippen LogP) is -0.793. The molecule has 10 nitrogen and oxygen atoms in total. The lowest BCUT2D eigenvalue weighted by Gasteiger charge is -2.53. The van der Waals surface area contributed by atoms with E-state index in [4.69, 9.17) is 10.5 Å². The molecule has 3 heterocycles. The summed E-state index contributed by atoms with van der Waals surface area (Å²) in [5, 5.41) is 12.4. The van der Waals surface area contributed by atoms with Gasteiger partial charge in [-0.2, -0.15) is 0 Å². The quantitative estimate of drug-likeness (QED) is 0.567. The van der Waals surface area contributed by atoms with E-state index >= 15 is 0 Å². The van der Waals surface area contributed by atoms with E-state index in [2.05, 4.69) is 5.32 Å². The van der Waals surface area contributed by atoms with E-state index in [0.717, 1.165) is 12.8 Å². The number of likely N-dealkylation sites (tertiary alicyclic amines) is 1. The molecule has 3 aliphatic heterocycles. The number of hydrogen-bond acceptors (Lipinski definition) is 5. The summed E-state index contributed by atoms with van der Waals surface area (Å²) in [5.74, 6) is -1.91. The zero-order valence-electron chi connectivity index (χ0n) is 13.3. The number of carboxylic acid groups (broad SMARTS) is 1. The zero-order chi connectivity index (χ0) is 17.9. The van der Waals surface area contributed by atoms with Crippen molar-refractivity contribution in [3.8, 4) is 0 Å². The van der Waals surface area contributed by atoms with E-state index in [0.29, 0.717) is 18.5 Å². The molecule has 0 aromatic heterocycles. The van der Waals surface area contributed by atoms with Gasteiger partial charge in [0.15, 0.2) is 0 Å². The van der Waals surface area contributed by atoms with E-state index in [1.807, 2.05) is 0 Å². The molecule has 0 aromatic carbocycles. The summed E-state index contributed by atoms with van der Waals surface area (Å²) in [6.45, 7) is 0.0832. The first kappa shape index (κ1) is 15.7. The first-order valence-electron chi connectivity index (χ1n) is 8.19. The van der Waals surface area contributed by atoms with Gasteiger partial charge in [-0.1, -0.05) is 0 Å². The van der Waals surface area contributed by atoms with E-state index in [-0.39, 0.29) is 30.3 Å². The number of primary amides is 1. The van der Waals surface area contributed by atoms with E-state index in [1.165, 1.54) is 9.80 Å². The highest BCUT2D eigenvalue weighted by Crippen LogP contribution is 2.49. The lowest BCUT2D eigenvalue weighted by molar-refractivity contribution is -0.160. The van der Waals surface area contributed by atoms with Crippen LogP contribution in [0.25, 0.3) is 0 Å². The summed E-state index contributed by atoms with van der Waals surface area (Å²) < 4.78 is 4.78. The largest absolute Gasteiger partial charge is 0.477 e. The molecule has 1 unspecified atom stereocenters. The Morgan fingerprint density at radius 3 is 2.60 bits per heavy atom. The average molecular weight is 350 g/mol. The van der Waals surface area contributed by atoms with Crippen molar-refractivity contribution < 1.29 is 29.0 Å². The summed E-state index contributed by atoms with van der Waals surface area (Å²) in [5.41, 5.74) is 5.21. The number of nitrogens with one attached hydrogen (secondary N) is 1. The number of carbonyl (C=O) groups excluding carboxylic acids is 3. The lowest BCUT2D eigenvalue weighted by atomic mass is 9.78. The SMILES string of the molecule is NC(=O)OCC1=C(C(=O)O)N2C(=O)[C@@H]3[C@H]2C1CCN3C(=O)NC1CC1. The molecule has 134 valence electrons.